The number of likely N-dealkylation sites (tertiary alicyclic amines) is 1. The van der Waals surface area contributed by atoms with Crippen molar-refractivity contribution < 1.29 is 9.21 Å². The maximum absolute atomic E-state index is 12.4. The van der Waals surface area contributed by atoms with Crippen LogP contribution in [-0.2, 0) is 11.5 Å². The molecule has 1 fully saturated rings. The van der Waals surface area contributed by atoms with Crippen LogP contribution in [0.2, 0.25) is 5.02 Å². The summed E-state index contributed by atoms with van der Waals surface area (Å²) < 4.78 is 7.32. The SMILES string of the molecule is CC(C)C(C)NC(=O)C1CCN(Cn2nc(-c3ccccc3Cl)oc2=S)CC1. The van der Waals surface area contributed by atoms with Crippen molar-refractivity contribution in [2.45, 2.75) is 46.3 Å². The largest absolute Gasteiger partial charge is 0.409 e. The van der Waals surface area contributed by atoms with Gasteiger partial charge in [0.05, 0.1) is 17.3 Å². The molecule has 1 aliphatic heterocycles. The average molecular weight is 423 g/mol. The van der Waals surface area contributed by atoms with E-state index in [4.69, 9.17) is 28.2 Å². The summed E-state index contributed by atoms with van der Waals surface area (Å²) in [5.41, 5.74) is 0.726. The van der Waals surface area contributed by atoms with Crippen molar-refractivity contribution in [1.82, 2.24) is 20.0 Å². The Morgan fingerprint density at radius 2 is 2.00 bits per heavy atom. The molecule has 1 aliphatic rings. The Morgan fingerprint density at radius 3 is 2.64 bits per heavy atom. The smallest absolute Gasteiger partial charge is 0.288 e. The van der Waals surface area contributed by atoms with Crippen LogP contribution in [0.5, 0.6) is 0 Å². The fraction of sp³-hybridized carbons (Fsp3) is 0.550. The third-order valence-corrected chi connectivity index (χ3v) is 6.00. The zero-order valence-electron chi connectivity index (χ0n) is 16.5. The molecule has 1 saturated heterocycles. The van der Waals surface area contributed by atoms with Crippen LogP contribution in [0.15, 0.2) is 28.7 Å². The summed E-state index contributed by atoms with van der Waals surface area (Å²) in [5, 5.41) is 8.20. The predicted molar refractivity (Wildman–Crippen MR) is 113 cm³/mol. The average Bonchev–Trinajstić information content (AvgIpc) is 3.02. The lowest BCUT2D eigenvalue weighted by Gasteiger charge is -2.31. The monoisotopic (exact) mass is 422 g/mol. The lowest BCUT2D eigenvalue weighted by molar-refractivity contribution is -0.127. The first-order chi connectivity index (χ1) is 13.3. The van der Waals surface area contributed by atoms with Crippen molar-refractivity contribution in [3.63, 3.8) is 0 Å². The van der Waals surface area contributed by atoms with Crippen molar-refractivity contribution in [3.8, 4) is 11.5 Å². The number of carbonyl (C=O) groups excluding carboxylic acids is 1. The Kier molecular flexibility index (Phi) is 6.91. The Labute approximate surface area is 175 Å². The van der Waals surface area contributed by atoms with Crippen LogP contribution >= 0.6 is 23.8 Å². The molecule has 6 nitrogen and oxygen atoms in total. The zero-order chi connectivity index (χ0) is 20.3. The molecule has 0 bridgehead atoms. The summed E-state index contributed by atoms with van der Waals surface area (Å²) in [7, 11) is 0. The van der Waals surface area contributed by atoms with Gasteiger partial charge in [-0.3, -0.25) is 9.69 Å². The van der Waals surface area contributed by atoms with E-state index in [1.807, 2.05) is 18.2 Å². The van der Waals surface area contributed by atoms with Crippen molar-refractivity contribution in [2.24, 2.45) is 11.8 Å². The number of benzene rings is 1. The lowest BCUT2D eigenvalue weighted by atomic mass is 9.95. The van der Waals surface area contributed by atoms with Gasteiger partial charge in [-0.15, -0.1) is 5.10 Å². The van der Waals surface area contributed by atoms with Crippen LogP contribution in [0.4, 0.5) is 0 Å². The molecule has 0 spiro atoms. The summed E-state index contributed by atoms with van der Waals surface area (Å²) in [4.78, 5) is 15.0. The van der Waals surface area contributed by atoms with E-state index in [1.54, 1.807) is 10.7 Å². The van der Waals surface area contributed by atoms with Gasteiger partial charge in [-0.25, -0.2) is 4.68 Å². The van der Waals surface area contributed by atoms with Crippen LogP contribution in [0.25, 0.3) is 11.5 Å². The van der Waals surface area contributed by atoms with Crippen molar-refractivity contribution >= 4 is 29.7 Å². The molecule has 1 aromatic carbocycles. The van der Waals surface area contributed by atoms with Gasteiger partial charge in [-0.05, 0) is 50.0 Å². The highest BCUT2D eigenvalue weighted by Crippen LogP contribution is 2.26. The Morgan fingerprint density at radius 1 is 1.32 bits per heavy atom. The molecule has 1 atom stereocenters. The molecule has 0 radical (unpaired) electrons. The van der Waals surface area contributed by atoms with Gasteiger partial charge in [0.25, 0.3) is 4.84 Å². The minimum Gasteiger partial charge on any atom is -0.409 e. The van der Waals surface area contributed by atoms with E-state index in [9.17, 15) is 4.79 Å². The summed E-state index contributed by atoms with van der Waals surface area (Å²) in [6.07, 6.45) is 1.67. The molecule has 1 aromatic heterocycles. The minimum absolute atomic E-state index is 0.0708. The minimum atomic E-state index is 0.0708. The molecule has 152 valence electrons. The fourth-order valence-corrected chi connectivity index (χ4v) is 3.57. The summed E-state index contributed by atoms with van der Waals surface area (Å²) in [6.45, 7) is 8.48. The summed E-state index contributed by atoms with van der Waals surface area (Å²) in [5.74, 6) is 1.10. The molecule has 1 amide bonds. The maximum Gasteiger partial charge on any atom is 0.288 e. The molecule has 0 saturated carbocycles. The van der Waals surface area contributed by atoms with Gasteiger partial charge in [0.1, 0.15) is 0 Å². The van der Waals surface area contributed by atoms with Crippen LogP contribution in [0.3, 0.4) is 0 Å². The number of aromatic nitrogens is 2. The van der Waals surface area contributed by atoms with Crippen molar-refractivity contribution in [2.75, 3.05) is 13.1 Å². The molecule has 1 unspecified atom stereocenters. The topological polar surface area (TPSA) is 63.3 Å². The van der Waals surface area contributed by atoms with Crippen molar-refractivity contribution in [3.05, 3.63) is 34.1 Å². The van der Waals surface area contributed by atoms with E-state index in [-0.39, 0.29) is 17.9 Å². The predicted octanol–water partition coefficient (Wildman–Crippen LogP) is 4.36. The number of carbonyl (C=O) groups is 1. The van der Waals surface area contributed by atoms with Gasteiger partial charge >= 0.3 is 0 Å². The second-order valence-electron chi connectivity index (χ2n) is 7.73. The Balaban J connectivity index is 1.58. The molecule has 28 heavy (non-hydrogen) atoms. The van der Waals surface area contributed by atoms with Gasteiger partial charge in [0.15, 0.2) is 0 Å². The van der Waals surface area contributed by atoms with E-state index < -0.39 is 0 Å². The van der Waals surface area contributed by atoms with Gasteiger partial charge < -0.3 is 9.73 Å². The number of hydrogen-bond acceptors (Lipinski definition) is 5. The maximum atomic E-state index is 12.4. The Bertz CT molecular complexity index is 871. The zero-order valence-corrected chi connectivity index (χ0v) is 18.1. The quantitative estimate of drug-likeness (QED) is 0.701. The van der Waals surface area contributed by atoms with Crippen LogP contribution in [0.1, 0.15) is 33.6 Å². The molecule has 3 rings (SSSR count). The molecule has 2 heterocycles. The first-order valence-electron chi connectivity index (χ1n) is 9.70. The molecule has 1 N–H and O–H groups in total. The van der Waals surface area contributed by atoms with Crippen LogP contribution in [-0.4, -0.2) is 39.7 Å². The molecular weight excluding hydrogens is 396 g/mol. The highest BCUT2D eigenvalue weighted by molar-refractivity contribution is 7.71. The first-order valence-corrected chi connectivity index (χ1v) is 10.5. The number of rotatable bonds is 6. The third kappa shape index (κ3) is 5.01. The molecule has 8 heteroatoms. The van der Waals surface area contributed by atoms with E-state index in [2.05, 4.69) is 36.1 Å². The van der Waals surface area contributed by atoms with Crippen molar-refractivity contribution in [1.29, 1.82) is 0 Å². The normalized spacial score (nSPS) is 17.0. The van der Waals surface area contributed by atoms with Crippen LogP contribution in [0, 0.1) is 16.7 Å². The number of nitrogens with zero attached hydrogens (tertiary/aromatic N) is 3. The number of nitrogens with one attached hydrogen (secondary N) is 1. The number of piperidine rings is 1. The van der Waals surface area contributed by atoms with Gasteiger partial charge in [0.2, 0.25) is 11.8 Å². The summed E-state index contributed by atoms with van der Waals surface area (Å²) in [6, 6.07) is 7.59. The van der Waals surface area contributed by atoms with Gasteiger partial charge in [-0.2, -0.15) is 0 Å². The molecule has 0 aliphatic carbocycles. The van der Waals surface area contributed by atoms with Crippen LogP contribution < -0.4 is 5.32 Å². The first kappa shape index (κ1) is 21.0. The van der Waals surface area contributed by atoms with E-state index in [0.29, 0.717) is 28.3 Å². The van der Waals surface area contributed by atoms with Gasteiger partial charge in [-0.1, -0.05) is 37.6 Å². The highest BCUT2D eigenvalue weighted by Gasteiger charge is 2.26. The third-order valence-electron chi connectivity index (χ3n) is 5.37. The number of hydrogen-bond donors (Lipinski definition) is 1. The second-order valence-corrected chi connectivity index (χ2v) is 8.48. The Hall–Kier alpha value is -1.70. The fourth-order valence-electron chi connectivity index (χ4n) is 3.17. The number of amides is 1. The summed E-state index contributed by atoms with van der Waals surface area (Å²) >= 11 is 11.5. The van der Waals surface area contributed by atoms with E-state index in [1.165, 1.54) is 0 Å². The standard InChI is InChI=1S/C20H27ClN4O2S/c1-13(2)14(3)22-18(26)15-8-10-24(11-9-15)12-25-20(28)27-19(23-25)16-6-4-5-7-17(16)21/h4-7,13-15H,8-12H2,1-3H3,(H,22,26). The second kappa shape index (κ2) is 9.20. The lowest BCUT2D eigenvalue weighted by Crippen LogP contribution is -2.44. The number of halogens is 1. The molecule has 2 aromatic rings. The van der Waals surface area contributed by atoms with E-state index >= 15 is 0 Å². The van der Waals surface area contributed by atoms with Gasteiger partial charge in [0, 0.05) is 25.0 Å². The van der Waals surface area contributed by atoms with E-state index in [0.717, 1.165) is 31.5 Å². The highest BCUT2D eigenvalue weighted by atomic mass is 35.5. The molecular formula is C20H27ClN4O2S.